The highest BCUT2D eigenvalue weighted by molar-refractivity contribution is 5.94. The monoisotopic (exact) mass is 326 g/mol. The Morgan fingerprint density at radius 2 is 1.92 bits per heavy atom. The lowest BCUT2D eigenvalue weighted by Crippen LogP contribution is -2.13. The van der Waals surface area contributed by atoms with Gasteiger partial charge in [0, 0.05) is 23.8 Å². The molecule has 8 heteroatoms. The predicted molar refractivity (Wildman–Crippen MR) is 87.1 cm³/mol. The zero-order chi connectivity index (χ0) is 16.8. The van der Waals surface area contributed by atoms with E-state index in [0.29, 0.717) is 28.1 Å². The lowest BCUT2D eigenvalue weighted by Gasteiger charge is -2.20. The topological polar surface area (TPSA) is 72.3 Å². The first-order valence-corrected chi connectivity index (χ1v) is 7.14. The third kappa shape index (κ3) is 2.11. The average molecular weight is 326 g/mol. The van der Waals surface area contributed by atoms with Gasteiger partial charge in [0.1, 0.15) is 11.6 Å². The van der Waals surface area contributed by atoms with Crippen molar-refractivity contribution in [2.24, 2.45) is 0 Å². The van der Waals surface area contributed by atoms with Gasteiger partial charge < -0.3 is 10.6 Å². The van der Waals surface area contributed by atoms with Crippen molar-refractivity contribution in [1.29, 1.82) is 0 Å². The van der Waals surface area contributed by atoms with Gasteiger partial charge in [0.25, 0.3) is 5.78 Å². The Labute approximate surface area is 135 Å². The average Bonchev–Trinajstić information content (AvgIpc) is 2.94. The molecule has 0 unspecified atom stereocenters. The molecule has 2 aromatic carbocycles. The summed E-state index contributed by atoms with van der Waals surface area (Å²) in [5.74, 6) is 0.238. The Bertz CT molecular complexity index is 1070. The molecule has 6 nitrogen and oxygen atoms in total. The van der Waals surface area contributed by atoms with Crippen molar-refractivity contribution in [3.8, 4) is 0 Å². The molecule has 2 aromatic heterocycles. The fourth-order valence-corrected chi connectivity index (χ4v) is 2.68. The number of nitrogen functional groups attached to an aromatic ring is 1. The molecule has 2 heterocycles. The quantitative estimate of drug-likeness (QED) is 0.574. The summed E-state index contributed by atoms with van der Waals surface area (Å²) in [7, 11) is 1.75. The van der Waals surface area contributed by atoms with E-state index < -0.39 is 6.08 Å². The summed E-state index contributed by atoms with van der Waals surface area (Å²) >= 11 is 0. The van der Waals surface area contributed by atoms with Gasteiger partial charge in [0.05, 0.1) is 5.52 Å². The second-order valence-corrected chi connectivity index (χ2v) is 5.36. The van der Waals surface area contributed by atoms with Gasteiger partial charge in [0.2, 0.25) is 0 Å². The van der Waals surface area contributed by atoms with Crippen LogP contribution in [-0.4, -0.2) is 26.6 Å². The Morgan fingerprint density at radius 1 is 1.08 bits per heavy atom. The summed E-state index contributed by atoms with van der Waals surface area (Å²) < 4.78 is 28.7. The number of nitrogens with two attached hydrogens (primary N) is 1. The summed E-state index contributed by atoms with van der Waals surface area (Å²) in [6.07, 6.45) is -0.770. The van der Waals surface area contributed by atoms with E-state index in [1.165, 1.54) is 16.5 Å². The predicted octanol–water partition coefficient (Wildman–Crippen LogP) is 2.91. The van der Waals surface area contributed by atoms with Crippen molar-refractivity contribution in [3.63, 3.8) is 0 Å². The fraction of sp³-hybridized carbons (Fsp3) is 0.0625. The van der Waals surface area contributed by atoms with Gasteiger partial charge in [-0.15, -0.1) is 5.10 Å². The number of rotatable bonds is 2. The smallest absolute Gasteiger partial charge is 0.315 e. The molecule has 0 atom stereocenters. The van der Waals surface area contributed by atoms with Gasteiger partial charge in [0.15, 0.2) is 0 Å². The molecule has 0 saturated carbocycles. The van der Waals surface area contributed by atoms with Crippen LogP contribution in [0.4, 0.5) is 26.0 Å². The van der Waals surface area contributed by atoms with Crippen LogP contribution in [0.15, 0.2) is 42.5 Å². The van der Waals surface area contributed by atoms with Crippen LogP contribution in [0.2, 0.25) is 0 Å². The lowest BCUT2D eigenvalue weighted by molar-refractivity contribution is 0.532. The van der Waals surface area contributed by atoms with Gasteiger partial charge in [-0.2, -0.15) is 9.37 Å². The molecule has 0 bridgehead atoms. The van der Waals surface area contributed by atoms with Crippen molar-refractivity contribution in [2.45, 2.75) is 0 Å². The van der Waals surface area contributed by atoms with Crippen molar-refractivity contribution in [3.05, 3.63) is 54.4 Å². The van der Waals surface area contributed by atoms with Crippen LogP contribution in [0.25, 0.3) is 16.7 Å². The molecule has 0 saturated heterocycles. The number of benzene rings is 2. The van der Waals surface area contributed by atoms with Crippen molar-refractivity contribution >= 4 is 33.9 Å². The Morgan fingerprint density at radius 3 is 2.71 bits per heavy atom. The van der Waals surface area contributed by atoms with Gasteiger partial charge in [-0.1, -0.05) is 11.2 Å². The van der Waals surface area contributed by atoms with E-state index >= 15 is 0 Å². The first kappa shape index (κ1) is 14.3. The highest BCUT2D eigenvalue weighted by Crippen LogP contribution is 2.31. The summed E-state index contributed by atoms with van der Waals surface area (Å²) in [6.45, 7) is 0. The number of halogens is 2. The van der Waals surface area contributed by atoms with Crippen LogP contribution >= 0.6 is 0 Å². The van der Waals surface area contributed by atoms with Crippen LogP contribution in [0, 0.1) is 11.9 Å². The highest BCUT2D eigenvalue weighted by Gasteiger charge is 2.17. The molecule has 0 radical (unpaired) electrons. The summed E-state index contributed by atoms with van der Waals surface area (Å²) in [6, 6.07) is 11.2. The normalized spacial score (nSPS) is 11.3. The van der Waals surface area contributed by atoms with Crippen molar-refractivity contribution < 1.29 is 8.78 Å². The van der Waals surface area contributed by atoms with Gasteiger partial charge >= 0.3 is 6.08 Å². The molecular formula is C16H12F2N6. The van der Waals surface area contributed by atoms with Gasteiger partial charge in [-0.25, -0.2) is 8.79 Å². The molecular weight excluding hydrogens is 314 g/mol. The van der Waals surface area contributed by atoms with E-state index in [9.17, 15) is 8.78 Å². The number of hydrogen-bond donors (Lipinski definition) is 1. The van der Waals surface area contributed by atoms with Crippen LogP contribution in [0.3, 0.4) is 0 Å². The van der Waals surface area contributed by atoms with Crippen molar-refractivity contribution in [2.75, 3.05) is 17.7 Å². The largest absolute Gasteiger partial charge is 0.399 e. The SMILES string of the molecule is CN(c1cccc(F)c1)c1nc2nnc(F)n2c2cc(N)ccc12. The lowest BCUT2D eigenvalue weighted by atomic mass is 10.2. The molecule has 120 valence electrons. The minimum Gasteiger partial charge on any atom is -0.399 e. The van der Waals surface area contributed by atoms with E-state index in [0.717, 1.165) is 0 Å². The van der Waals surface area contributed by atoms with Gasteiger partial charge in [-0.05, 0) is 36.4 Å². The number of anilines is 3. The molecule has 0 amide bonds. The van der Waals surface area contributed by atoms with E-state index in [4.69, 9.17) is 5.73 Å². The molecule has 4 rings (SSSR count). The maximum absolute atomic E-state index is 14.0. The second kappa shape index (κ2) is 5.12. The van der Waals surface area contributed by atoms with Crippen molar-refractivity contribution in [1.82, 2.24) is 19.6 Å². The second-order valence-electron chi connectivity index (χ2n) is 5.36. The molecule has 0 spiro atoms. The molecule has 2 N–H and O–H groups in total. The van der Waals surface area contributed by atoms with E-state index in [1.54, 1.807) is 42.3 Å². The summed E-state index contributed by atoms with van der Waals surface area (Å²) in [5, 5.41) is 7.81. The minimum atomic E-state index is -0.770. The van der Waals surface area contributed by atoms with Crippen LogP contribution in [-0.2, 0) is 0 Å². The van der Waals surface area contributed by atoms with E-state index in [-0.39, 0.29) is 11.6 Å². The molecule has 0 fully saturated rings. The number of fused-ring (bicyclic) bond motifs is 3. The first-order valence-electron chi connectivity index (χ1n) is 7.14. The fourth-order valence-electron chi connectivity index (χ4n) is 2.68. The third-order valence-electron chi connectivity index (χ3n) is 3.83. The molecule has 24 heavy (non-hydrogen) atoms. The van der Waals surface area contributed by atoms with Crippen LogP contribution < -0.4 is 10.6 Å². The Hall–Kier alpha value is -3.29. The van der Waals surface area contributed by atoms with Crippen LogP contribution in [0.1, 0.15) is 0 Å². The Balaban J connectivity index is 2.03. The minimum absolute atomic E-state index is 0.101. The highest BCUT2D eigenvalue weighted by atomic mass is 19.1. The van der Waals surface area contributed by atoms with Gasteiger partial charge in [-0.3, -0.25) is 0 Å². The summed E-state index contributed by atoms with van der Waals surface area (Å²) in [5.41, 5.74) is 7.39. The number of hydrogen-bond acceptors (Lipinski definition) is 5. The summed E-state index contributed by atoms with van der Waals surface area (Å²) in [4.78, 5) is 6.07. The van der Waals surface area contributed by atoms with E-state index in [2.05, 4.69) is 15.2 Å². The maximum Gasteiger partial charge on any atom is 0.315 e. The molecule has 0 aliphatic rings. The standard InChI is InChI=1S/C16H12F2N6/c1-23(11-4-2-3-9(17)7-11)14-12-6-5-10(19)8-13(12)24-15(18)21-22-16(24)20-14/h2-8H,19H2,1H3. The zero-order valence-corrected chi connectivity index (χ0v) is 12.6. The maximum atomic E-state index is 14.0. The zero-order valence-electron chi connectivity index (χ0n) is 12.6. The first-order chi connectivity index (χ1) is 11.5. The Kier molecular flexibility index (Phi) is 3.05. The number of nitrogens with zero attached hydrogens (tertiary/aromatic N) is 5. The van der Waals surface area contributed by atoms with Crippen LogP contribution in [0.5, 0.6) is 0 Å². The molecule has 4 aromatic rings. The molecule has 0 aliphatic carbocycles. The van der Waals surface area contributed by atoms with E-state index in [1.807, 2.05) is 0 Å². The third-order valence-corrected chi connectivity index (χ3v) is 3.83. The number of aromatic nitrogens is 4. The molecule has 0 aliphatic heterocycles.